The molecule has 4 rings (SSSR count). The molecule has 0 aliphatic heterocycles. The van der Waals surface area contributed by atoms with E-state index in [1.54, 1.807) is 0 Å². The van der Waals surface area contributed by atoms with Crippen molar-refractivity contribution in [2.24, 2.45) is 0 Å². The number of benzene rings is 3. The number of para-hydroxylation sites is 2. The van der Waals surface area contributed by atoms with E-state index in [4.69, 9.17) is 0 Å². The third kappa shape index (κ3) is 6.13. The summed E-state index contributed by atoms with van der Waals surface area (Å²) in [5.41, 5.74) is 9.28. The molecule has 0 radical (unpaired) electrons. The second kappa shape index (κ2) is 10.9. The van der Waals surface area contributed by atoms with Crippen LogP contribution in [0.15, 0.2) is 91.1 Å². The molecule has 0 spiro atoms. The van der Waals surface area contributed by atoms with E-state index >= 15 is 0 Å². The van der Waals surface area contributed by atoms with E-state index in [1.807, 2.05) is 91.1 Å². The molecule has 7 nitrogen and oxygen atoms in total. The third-order valence-corrected chi connectivity index (χ3v) is 5.37. The topological polar surface area (TPSA) is 98.1 Å². The van der Waals surface area contributed by atoms with Gasteiger partial charge in [-0.05, 0) is 35.7 Å². The zero-order valence-corrected chi connectivity index (χ0v) is 18.2. The molecule has 0 saturated heterocycles. The summed E-state index contributed by atoms with van der Waals surface area (Å²) < 4.78 is 0. The Balaban J connectivity index is 1.41. The quantitative estimate of drug-likeness (QED) is 0.256. The fourth-order valence-electron chi connectivity index (χ4n) is 3.67. The van der Waals surface area contributed by atoms with Crippen molar-refractivity contribution >= 4 is 28.5 Å². The summed E-state index contributed by atoms with van der Waals surface area (Å²) in [5.74, 6) is -0.230. The van der Waals surface area contributed by atoms with Gasteiger partial charge in [0.15, 0.2) is 0 Å². The summed E-state index contributed by atoms with van der Waals surface area (Å²) in [6.07, 6.45) is 2.96. The molecule has 0 aliphatic rings. The van der Waals surface area contributed by atoms with Crippen molar-refractivity contribution in [3.8, 4) is 0 Å². The van der Waals surface area contributed by atoms with E-state index in [0.717, 1.165) is 27.7 Å². The molecule has 0 unspecified atom stereocenters. The average Bonchev–Trinajstić information content (AvgIpc) is 3.26. The monoisotopic (exact) mass is 441 g/mol. The Morgan fingerprint density at radius 1 is 0.848 bits per heavy atom. The maximum atomic E-state index is 13.0. The Morgan fingerprint density at radius 2 is 1.55 bits per heavy atom. The highest BCUT2D eigenvalue weighted by Crippen LogP contribution is 2.19. The molecular weight excluding hydrogens is 414 g/mol. The Morgan fingerprint density at radius 3 is 2.33 bits per heavy atom. The number of amides is 3. The van der Waals surface area contributed by atoms with Gasteiger partial charge in [-0.1, -0.05) is 66.7 Å². The van der Waals surface area contributed by atoms with Crippen molar-refractivity contribution in [1.82, 2.24) is 21.0 Å². The first-order valence-electron chi connectivity index (χ1n) is 10.9. The van der Waals surface area contributed by atoms with Gasteiger partial charge in [-0.25, -0.2) is 4.79 Å². The first-order valence-corrected chi connectivity index (χ1v) is 10.9. The zero-order chi connectivity index (χ0) is 22.9. The SMILES string of the molecule is O=C(NNc1ccccc1)N[C@H](Cc1c[nH]c2ccccc12)C(=O)NCCc1ccccc1. The molecule has 0 fully saturated rings. The van der Waals surface area contributed by atoms with Gasteiger partial charge in [0.1, 0.15) is 6.04 Å². The van der Waals surface area contributed by atoms with Gasteiger partial charge in [0.05, 0.1) is 5.69 Å². The lowest BCUT2D eigenvalue weighted by atomic mass is 10.0. The first-order chi connectivity index (χ1) is 16.2. The molecule has 168 valence electrons. The molecule has 1 atom stereocenters. The van der Waals surface area contributed by atoms with E-state index in [-0.39, 0.29) is 5.91 Å². The number of urea groups is 1. The molecule has 0 saturated carbocycles. The number of hydrogen-bond donors (Lipinski definition) is 5. The van der Waals surface area contributed by atoms with Crippen LogP contribution in [0.2, 0.25) is 0 Å². The van der Waals surface area contributed by atoms with Crippen LogP contribution in [-0.2, 0) is 17.6 Å². The number of aromatic amines is 1. The molecule has 1 aromatic heterocycles. The van der Waals surface area contributed by atoms with Crippen LogP contribution in [0.1, 0.15) is 11.1 Å². The number of anilines is 1. The number of aromatic nitrogens is 1. The molecule has 33 heavy (non-hydrogen) atoms. The third-order valence-electron chi connectivity index (χ3n) is 5.37. The number of hydrogen-bond acceptors (Lipinski definition) is 3. The van der Waals surface area contributed by atoms with Crippen molar-refractivity contribution in [3.05, 3.63) is 102 Å². The second-order valence-electron chi connectivity index (χ2n) is 7.73. The molecule has 3 aromatic carbocycles. The number of H-pyrrole nitrogens is 1. The van der Waals surface area contributed by atoms with Crippen LogP contribution >= 0.6 is 0 Å². The van der Waals surface area contributed by atoms with Gasteiger partial charge in [0.25, 0.3) is 0 Å². The normalized spacial score (nSPS) is 11.5. The van der Waals surface area contributed by atoms with Crippen molar-refractivity contribution in [1.29, 1.82) is 0 Å². The predicted octanol–water partition coefficient (Wildman–Crippen LogP) is 3.76. The molecule has 7 heteroatoms. The Kier molecular flexibility index (Phi) is 7.22. The van der Waals surface area contributed by atoms with Gasteiger partial charge in [-0.2, -0.15) is 0 Å². The minimum atomic E-state index is -0.738. The standard InChI is InChI=1S/C26H27N5O2/c32-25(27-16-15-19-9-3-1-4-10-19)24(17-20-18-28-23-14-8-7-13-22(20)23)29-26(33)31-30-21-11-5-2-6-12-21/h1-14,18,24,28,30H,15-17H2,(H,27,32)(H2,29,31,33)/t24-/m1/s1. The minimum absolute atomic E-state index is 0.230. The molecule has 1 heterocycles. The molecule has 0 bridgehead atoms. The summed E-state index contributed by atoms with van der Waals surface area (Å²) >= 11 is 0. The number of nitrogens with one attached hydrogen (secondary N) is 5. The highest BCUT2D eigenvalue weighted by Gasteiger charge is 2.22. The number of carbonyl (C=O) groups is 2. The summed E-state index contributed by atoms with van der Waals surface area (Å²) in [4.78, 5) is 28.8. The van der Waals surface area contributed by atoms with E-state index in [9.17, 15) is 9.59 Å². The van der Waals surface area contributed by atoms with Crippen LogP contribution in [0.25, 0.3) is 10.9 Å². The molecule has 3 amide bonds. The maximum absolute atomic E-state index is 13.0. The van der Waals surface area contributed by atoms with Gasteiger partial charge in [0.2, 0.25) is 5.91 Å². The van der Waals surface area contributed by atoms with Crippen molar-refractivity contribution in [2.45, 2.75) is 18.9 Å². The second-order valence-corrected chi connectivity index (χ2v) is 7.73. The summed E-state index contributed by atoms with van der Waals surface area (Å²) in [6, 6.07) is 25.9. The predicted molar refractivity (Wildman–Crippen MR) is 131 cm³/mol. The highest BCUT2D eigenvalue weighted by molar-refractivity contribution is 5.89. The van der Waals surface area contributed by atoms with Gasteiger partial charge >= 0.3 is 6.03 Å². The number of fused-ring (bicyclic) bond motifs is 1. The Bertz CT molecular complexity index is 1190. The van der Waals surface area contributed by atoms with Gasteiger partial charge in [0, 0.05) is 30.1 Å². The van der Waals surface area contributed by atoms with Crippen LogP contribution in [0.5, 0.6) is 0 Å². The average molecular weight is 442 g/mol. The summed E-state index contributed by atoms with van der Waals surface area (Å²) in [5, 5.41) is 6.79. The first kappa shape index (κ1) is 22.0. The maximum Gasteiger partial charge on any atom is 0.334 e. The van der Waals surface area contributed by atoms with Crippen LogP contribution in [0, 0.1) is 0 Å². The smallest absolute Gasteiger partial charge is 0.334 e. The highest BCUT2D eigenvalue weighted by atomic mass is 16.2. The van der Waals surface area contributed by atoms with Crippen molar-refractivity contribution in [2.75, 3.05) is 12.0 Å². The Hall–Kier alpha value is -4.26. The minimum Gasteiger partial charge on any atom is -0.361 e. The molecular formula is C26H27N5O2. The lowest BCUT2D eigenvalue weighted by Crippen LogP contribution is -2.52. The molecule has 5 N–H and O–H groups in total. The van der Waals surface area contributed by atoms with E-state index in [1.165, 1.54) is 0 Å². The van der Waals surface area contributed by atoms with Crippen LogP contribution in [0.4, 0.5) is 10.5 Å². The Labute approximate surface area is 192 Å². The van der Waals surface area contributed by atoms with E-state index < -0.39 is 12.1 Å². The van der Waals surface area contributed by atoms with Crippen LogP contribution in [0.3, 0.4) is 0 Å². The zero-order valence-electron chi connectivity index (χ0n) is 18.2. The van der Waals surface area contributed by atoms with Gasteiger partial charge < -0.3 is 15.6 Å². The van der Waals surface area contributed by atoms with Crippen molar-refractivity contribution in [3.63, 3.8) is 0 Å². The number of rotatable bonds is 9. The van der Waals surface area contributed by atoms with Gasteiger partial charge in [-0.15, -0.1) is 0 Å². The fraction of sp³-hybridized carbons (Fsp3) is 0.154. The van der Waals surface area contributed by atoms with E-state index in [0.29, 0.717) is 19.4 Å². The fourth-order valence-corrected chi connectivity index (χ4v) is 3.67. The largest absolute Gasteiger partial charge is 0.361 e. The summed E-state index contributed by atoms with van der Waals surface area (Å²) in [7, 11) is 0. The van der Waals surface area contributed by atoms with Gasteiger partial charge in [-0.3, -0.25) is 15.6 Å². The lowest BCUT2D eigenvalue weighted by Gasteiger charge is -2.19. The number of hydrazine groups is 1. The van der Waals surface area contributed by atoms with Crippen LogP contribution < -0.4 is 21.5 Å². The molecule has 0 aliphatic carbocycles. The van der Waals surface area contributed by atoms with Crippen LogP contribution in [-0.4, -0.2) is 29.5 Å². The lowest BCUT2D eigenvalue weighted by molar-refractivity contribution is -0.122. The summed E-state index contributed by atoms with van der Waals surface area (Å²) in [6.45, 7) is 0.485. The van der Waals surface area contributed by atoms with E-state index in [2.05, 4.69) is 26.5 Å². The number of carbonyl (C=O) groups excluding carboxylic acids is 2. The molecule has 4 aromatic rings. The van der Waals surface area contributed by atoms with Crippen molar-refractivity contribution < 1.29 is 9.59 Å².